The lowest BCUT2D eigenvalue weighted by Gasteiger charge is -2.38. The maximum atomic E-state index is 5.48. The average Bonchev–Trinajstić information content (AvgIpc) is 2.49. The number of ether oxygens (including phenoxy) is 1. The van der Waals surface area contributed by atoms with Crippen LogP contribution in [-0.2, 0) is 4.74 Å². The Balaban J connectivity index is 2.03. The average molecular weight is 276 g/mol. The molecule has 1 N–H and O–H groups in total. The zero-order valence-electron chi connectivity index (χ0n) is 13.0. The third-order valence-electron chi connectivity index (χ3n) is 4.15. The molecule has 2 rings (SSSR count). The van der Waals surface area contributed by atoms with E-state index in [0.29, 0.717) is 18.2 Å². The number of piperidine rings is 1. The van der Waals surface area contributed by atoms with Gasteiger partial charge in [-0.3, -0.25) is 4.90 Å². The van der Waals surface area contributed by atoms with Crippen LogP contribution < -0.4 is 5.32 Å². The summed E-state index contributed by atoms with van der Waals surface area (Å²) < 4.78 is 5.48. The van der Waals surface area contributed by atoms with Crippen LogP contribution in [0.25, 0.3) is 0 Å². The quantitative estimate of drug-likeness (QED) is 0.864. The van der Waals surface area contributed by atoms with E-state index in [9.17, 15) is 0 Å². The summed E-state index contributed by atoms with van der Waals surface area (Å²) >= 11 is 0. The lowest BCUT2D eigenvalue weighted by atomic mass is 10.00. The summed E-state index contributed by atoms with van der Waals surface area (Å²) in [7, 11) is 1.83. The molecule has 1 aliphatic heterocycles. The van der Waals surface area contributed by atoms with Gasteiger partial charge in [-0.15, -0.1) is 0 Å². The Morgan fingerprint density at radius 3 is 2.40 bits per heavy atom. The van der Waals surface area contributed by atoms with Crippen molar-refractivity contribution < 1.29 is 4.74 Å². The molecule has 1 aromatic rings. The Bertz CT molecular complexity index is 372. The molecular formula is C17H28N2O. The fraction of sp³-hybridized carbons (Fsp3) is 0.647. The van der Waals surface area contributed by atoms with Crippen molar-refractivity contribution in [2.24, 2.45) is 0 Å². The summed E-state index contributed by atoms with van der Waals surface area (Å²) in [5.41, 5.74) is 1.41. The molecule has 1 saturated heterocycles. The molecule has 0 aromatic heterocycles. The summed E-state index contributed by atoms with van der Waals surface area (Å²) in [5.74, 6) is 0. The number of rotatable bonds is 6. The predicted octanol–water partition coefficient (Wildman–Crippen LogP) is 2.84. The number of benzene rings is 1. The van der Waals surface area contributed by atoms with Gasteiger partial charge in [0.15, 0.2) is 0 Å². The monoisotopic (exact) mass is 276 g/mol. The predicted molar refractivity (Wildman–Crippen MR) is 83.9 cm³/mol. The van der Waals surface area contributed by atoms with Crippen molar-refractivity contribution in [3.63, 3.8) is 0 Å². The molecule has 1 heterocycles. The van der Waals surface area contributed by atoms with E-state index >= 15 is 0 Å². The van der Waals surface area contributed by atoms with E-state index in [1.807, 2.05) is 7.11 Å². The fourth-order valence-corrected chi connectivity index (χ4v) is 2.90. The van der Waals surface area contributed by atoms with Crippen LogP contribution in [0.4, 0.5) is 0 Å². The molecule has 1 unspecified atom stereocenters. The number of nitrogens with one attached hydrogen (secondary N) is 1. The topological polar surface area (TPSA) is 24.5 Å². The fourth-order valence-electron chi connectivity index (χ4n) is 2.90. The Morgan fingerprint density at radius 2 is 1.85 bits per heavy atom. The minimum atomic E-state index is 0.445. The van der Waals surface area contributed by atoms with Crippen LogP contribution in [0.5, 0.6) is 0 Å². The van der Waals surface area contributed by atoms with Crippen LogP contribution >= 0.6 is 0 Å². The molecule has 1 aromatic carbocycles. The second-order valence-electron chi connectivity index (χ2n) is 5.96. The molecule has 3 heteroatoms. The second-order valence-corrected chi connectivity index (χ2v) is 5.96. The highest BCUT2D eigenvalue weighted by Crippen LogP contribution is 2.25. The first-order valence-electron chi connectivity index (χ1n) is 7.76. The number of hydrogen-bond donors (Lipinski definition) is 1. The van der Waals surface area contributed by atoms with Gasteiger partial charge < -0.3 is 10.1 Å². The highest BCUT2D eigenvalue weighted by Gasteiger charge is 2.25. The first kappa shape index (κ1) is 15.5. The van der Waals surface area contributed by atoms with Crippen molar-refractivity contribution in [2.75, 3.05) is 26.7 Å². The molecule has 1 fully saturated rings. The van der Waals surface area contributed by atoms with Gasteiger partial charge in [-0.2, -0.15) is 0 Å². The summed E-state index contributed by atoms with van der Waals surface area (Å²) in [4.78, 5) is 2.60. The van der Waals surface area contributed by atoms with Gasteiger partial charge in [-0.1, -0.05) is 44.2 Å². The summed E-state index contributed by atoms with van der Waals surface area (Å²) in [5, 5.41) is 3.59. The maximum Gasteiger partial charge on any atom is 0.0595 e. The van der Waals surface area contributed by atoms with Crippen molar-refractivity contribution in [3.8, 4) is 0 Å². The van der Waals surface area contributed by atoms with E-state index in [0.717, 1.165) is 32.5 Å². The molecule has 0 spiro atoms. The molecule has 1 aliphatic rings. The van der Waals surface area contributed by atoms with Gasteiger partial charge in [0.25, 0.3) is 0 Å². The van der Waals surface area contributed by atoms with Crippen LogP contribution in [-0.4, -0.2) is 43.8 Å². The number of likely N-dealkylation sites (tertiary alicyclic amines) is 1. The largest absolute Gasteiger partial charge is 0.381 e. The van der Waals surface area contributed by atoms with Gasteiger partial charge in [-0.25, -0.2) is 0 Å². The van der Waals surface area contributed by atoms with E-state index < -0.39 is 0 Å². The van der Waals surface area contributed by atoms with Gasteiger partial charge >= 0.3 is 0 Å². The Morgan fingerprint density at radius 1 is 1.20 bits per heavy atom. The maximum absolute atomic E-state index is 5.48. The Kier molecular flexibility index (Phi) is 6.02. The van der Waals surface area contributed by atoms with E-state index in [2.05, 4.69) is 54.4 Å². The molecule has 0 bridgehead atoms. The van der Waals surface area contributed by atoms with Crippen LogP contribution in [0.2, 0.25) is 0 Å². The van der Waals surface area contributed by atoms with E-state index in [1.54, 1.807) is 0 Å². The van der Waals surface area contributed by atoms with Crippen molar-refractivity contribution >= 4 is 0 Å². The third-order valence-corrected chi connectivity index (χ3v) is 4.15. The minimum absolute atomic E-state index is 0.445. The molecule has 1 atom stereocenters. The second kappa shape index (κ2) is 7.77. The zero-order chi connectivity index (χ0) is 14.4. The smallest absolute Gasteiger partial charge is 0.0595 e. The van der Waals surface area contributed by atoms with Gasteiger partial charge in [0.05, 0.1) is 6.10 Å². The standard InChI is InChI=1S/C17H28N2O/c1-14(2)18-13-17(15-7-5-4-6-8-15)19-11-9-16(20-3)10-12-19/h4-8,14,16-18H,9-13H2,1-3H3. The van der Waals surface area contributed by atoms with Crippen molar-refractivity contribution in [1.29, 1.82) is 0 Å². The number of hydrogen-bond acceptors (Lipinski definition) is 3. The van der Waals surface area contributed by atoms with Crippen LogP contribution in [0.15, 0.2) is 30.3 Å². The highest BCUT2D eigenvalue weighted by molar-refractivity contribution is 5.19. The summed E-state index contributed by atoms with van der Waals surface area (Å²) in [6.45, 7) is 7.67. The zero-order valence-corrected chi connectivity index (χ0v) is 13.0. The van der Waals surface area contributed by atoms with Gasteiger partial charge in [-0.05, 0) is 18.4 Å². The summed E-state index contributed by atoms with van der Waals surface area (Å²) in [6.07, 6.45) is 2.73. The van der Waals surface area contributed by atoms with E-state index in [1.165, 1.54) is 5.56 Å². The van der Waals surface area contributed by atoms with Gasteiger partial charge in [0, 0.05) is 38.8 Å². The number of methoxy groups -OCH3 is 1. The summed E-state index contributed by atoms with van der Waals surface area (Å²) in [6, 6.07) is 11.9. The number of nitrogens with zero attached hydrogens (tertiary/aromatic N) is 1. The van der Waals surface area contributed by atoms with Crippen LogP contribution in [0, 0.1) is 0 Å². The van der Waals surface area contributed by atoms with Gasteiger partial charge in [0.2, 0.25) is 0 Å². The lowest BCUT2D eigenvalue weighted by molar-refractivity contribution is 0.0265. The first-order chi connectivity index (χ1) is 9.70. The molecule has 0 radical (unpaired) electrons. The molecule has 0 aliphatic carbocycles. The molecular weight excluding hydrogens is 248 g/mol. The highest BCUT2D eigenvalue weighted by atomic mass is 16.5. The SMILES string of the molecule is COC1CCN(C(CNC(C)C)c2ccccc2)CC1. The van der Waals surface area contributed by atoms with Crippen molar-refractivity contribution in [3.05, 3.63) is 35.9 Å². The molecule has 20 heavy (non-hydrogen) atoms. The van der Waals surface area contributed by atoms with Gasteiger partial charge in [0.1, 0.15) is 0 Å². The van der Waals surface area contributed by atoms with Crippen LogP contribution in [0.1, 0.15) is 38.3 Å². The van der Waals surface area contributed by atoms with E-state index in [-0.39, 0.29) is 0 Å². The minimum Gasteiger partial charge on any atom is -0.381 e. The van der Waals surface area contributed by atoms with Crippen molar-refractivity contribution in [2.45, 2.75) is 44.9 Å². The first-order valence-corrected chi connectivity index (χ1v) is 7.76. The third kappa shape index (κ3) is 4.30. The van der Waals surface area contributed by atoms with Crippen molar-refractivity contribution in [1.82, 2.24) is 10.2 Å². The molecule has 0 saturated carbocycles. The van der Waals surface area contributed by atoms with Crippen LogP contribution in [0.3, 0.4) is 0 Å². The lowest BCUT2D eigenvalue weighted by Crippen LogP contribution is -2.43. The Hall–Kier alpha value is -0.900. The van der Waals surface area contributed by atoms with E-state index in [4.69, 9.17) is 4.74 Å². The molecule has 112 valence electrons. The molecule has 3 nitrogen and oxygen atoms in total. The molecule has 0 amide bonds. The normalized spacial score (nSPS) is 19.4. The Labute approximate surface area is 123 Å².